The second-order valence-electron chi connectivity index (χ2n) is 5.63. The fraction of sp³-hybridized carbons (Fsp3) is 1.00. The summed E-state index contributed by atoms with van der Waals surface area (Å²) in [6.45, 7) is 8.45. The van der Waals surface area contributed by atoms with Crippen LogP contribution < -0.4 is 5.32 Å². The van der Waals surface area contributed by atoms with Crippen LogP contribution in [0.5, 0.6) is 0 Å². The van der Waals surface area contributed by atoms with E-state index in [1.807, 2.05) is 0 Å². The van der Waals surface area contributed by atoms with Gasteiger partial charge in [0.05, 0.1) is 0 Å². The molecule has 0 amide bonds. The van der Waals surface area contributed by atoms with Gasteiger partial charge in [0.25, 0.3) is 0 Å². The molecule has 1 N–H and O–H groups in total. The van der Waals surface area contributed by atoms with E-state index in [1.165, 1.54) is 58.2 Å². The molecule has 2 nitrogen and oxygen atoms in total. The van der Waals surface area contributed by atoms with Gasteiger partial charge in [-0.15, -0.1) is 0 Å². The Labute approximate surface area is 101 Å². The van der Waals surface area contributed by atoms with E-state index in [9.17, 15) is 0 Å². The van der Waals surface area contributed by atoms with Gasteiger partial charge in [0, 0.05) is 18.6 Å². The zero-order valence-electron chi connectivity index (χ0n) is 11.0. The van der Waals surface area contributed by atoms with Crippen molar-refractivity contribution < 1.29 is 0 Å². The van der Waals surface area contributed by atoms with Gasteiger partial charge in [-0.25, -0.2) is 0 Å². The molecular weight excluding hydrogens is 196 g/mol. The van der Waals surface area contributed by atoms with Gasteiger partial charge >= 0.3 is 0 Å². The minimum absolute atomic E-state index is 0.834. The Morgan fingerprint density at radius 1 is 1.12 bits per heavy atom. The first-order chi connectivity index (χ1) is 7.85. The van der Waals surface area contributed by atoms with E-state index in [2.05, 4.69) is 24.1 Å². The molecule has 1 saturated carbocycles. The molecule has 1 aliphatic carbocycles. The van der Waals surface area contributed by atoms with Crippen molar-refractivity contribution in [3.8, 4) is 0 Å². The summed E-state index contributed by atoms with van der Waals surface area (Å²) in [7, 11) is 0. The predicted octanol–water partition coefficient (Wildman–Crippen LogP) is 2.64. The van der Waals surface area contributed by atoms with Gasteiger partial charge in [-0.3, -0.25) is 4.90 Å². The molecule has 2 heteroatoms. The maximum Gasteiger partial charge on any atom is 0.0235 e. The van der Waals surface area contributed by atoms with Crippen LogP contribution in [0.15, 0.2) is 0 Å². The third kappa shape index (κ3) is 2.78. The number of rotatable bonds is 5. The van der Waals surface area contributed by atoms with Crippen molar-refractivity contribution in [3.63, 3.8) is 0 Å². The number of nitrogens with zero attached hydrogens (tertiary/aromatic N) is 1. The molecule has 2 fully saturated rings. The first-order valence-electron chi connectivity index (χ1n) is 7.31. The van der Waals surface area contributed by atoms with Gasteiger partial charge in [0.15, 0.2) is 0 Å². The summed E-state index contributed by atoms with van der Waals surface area (Å²) in [4.78, 5) is 2.83. The van der Waals surface area contributed by atoms with E-state index in [4.69, 9.17) is 0 Å². The molecule has 1 aliphatic heterocycles. The highest BCUT2D eigenvalue weighted by atomic mass is 15.2. The Morgan fingerprint density at radius 3 is 2.56 bits per heavy atom. The quantitative estimate of drug-likeness (QED) is 0.772. The molecule has 0 aromatic rings. The van der Waals surface area contributed by atoms with Crippen molar-refractivity contribution in [1.29, 1.82) is 0 Å². The van der Waals surface area contributed by atoms with Crippen molar-refractivity contribution in [2.75, 3.05) is 19.6 Å². The van der Waals surface area contributed by atoms with Gasteiger partial charge in [-0.2, -0.15) is 0 Å². The second kappa shape index (κ2) is 6.02. The molecule has 0 aromatic heterocycles. The van der Waals surface area contributed by atoms with E-state index in [1.54, 1.807) is 0 Å². The summed E-state index contributed by atoms with van der Waals surface area (Å²) in [5, 5.41) is 3.52. The van der Waals surface area contributed by atoms with Crippen LogP contribution in [0.25, 0.3) is 0 Å². The summed E-state index contributed by atoms with van der Waals surface area (Å²) < 4.78 is 0. The molecule has 3 unspecified atom stereocenters. The molecule has 2 rings (SSSR count). The summed E-state index contributed by atoms with van der Waals surface area (Å²) >= 11 is 0. The normalized spacial score (nSPS) is 35.1. The molecule has 0 bridgehead atoms. The zero-order chi connectivity index (χ0) is 11.4. The lowest BCUT2D eigenvalue weighted by Gasteiger charge is -2.34. The SMILES string of the molecule is CCCN(C1CCNC1)C1CCC(CC)C1. The smallest absolute Gasteiger partial charge is 0.0235 e. The number of hydrogen-bond acceptors (Lipinski definition) is 2. The average Bonchev–Trinajstić information content (AvgIpc) is 2.97. The Bertz CT molecular complexity index is 199. The van der Waals surface area contributed by atoms with Crippen LogP contribution in [0.2, 0.25) is 0 Å². The van der Waals surface area contributed by atoms with E-state index in [0.717, 1.165) is 18.0 Å². The molecule has 3 atom stereocenters. The largest absolute Gasteiger partial charge is 0.315 e. The van der Waals surface area contributed by atoms with E-state index in [-0.39, 0.29) is 0 Å². The Kier molecular flexibility index (Phi) is 4.66. The van der Waals surface area contributed by atoms with Gasteiger partial charge in [0.2, 0.25) is 0 Å². The molecule has 16 heavy (non-hydrogen) atoms. The molecule has 1 heterocycles. The van der Waals surface area contributed by atoms with Crippen LogP contribution in [-0.2, 0) is 0 Å². The zero-order valence-corrected chi connectivity index (χ0v) is 11.0. The Morgan fingerprint density at radius 2 is 2.00 bits per heavy atom. The van der Waals surface area contributed by atoms with E-state index >= 15 is 0 Å². The van der Waals surface area contributed by atoms with Crippen molar-refractivity contribution in [3.05, 3.63) is 0 Å². The fourth-order valence-electron chi connectivity index (χ4n) is 3.56. The van der Waals surface area contributed by atoms with Gasteiger partial charge in [0.1, 0.15) is 0 Å². The summed E-state index contributed by atoms with van der Waals surface area (Å²) in [5.74, 6) is 1.01. The predicted molar refractivity (Wildman–Crippen MR) is 69.7 cm³/mol. The monoisotopic (exact) mass is 224 g/mol. The van der Waals surface area contributed by atoms with Crippen LogP contribution in [0.4, 0.5) is 0 Å². The first-order valence-corrected chi connectivity index (χ1v) is 7.31. The van der Waals surface area contributed by atoms with Crippen LogP contribution in [0, 0.1) is 5.92 Å². The van der Waals surface area contributed by atoms with Gasteiger partial charge in [-0.1, -0.05) is 20.3 Å². The minimum Gasteiger partial charge on any atom is -0.315 e. The van der Waals surface area contributed by atoms with Gasteiger partial charge < -0.3 is 5.32 Å². The first kappa shape index (κ1) is 12.4. The molecule has 0 radical (unpaired) electrons. The number of hydrogen-bond donors (Lipinski definition) is 1. The van der Waals surface area contributed by atoms with Crippen LogP contribution in [-0.4, -0.2) is 36.6 Å². The number of nitrogens with one attached hydrogen (secondary N) is 1. The molecule has 0 spiro atoms. The second-order valence-corrected chi connectivity index (χ2v) is 5.63. The maximum atomic E-state index is 3.52. The van der Waals surface area contributed by atoms with Crippen molar-refractivity contribution in [2.24, 2.45) is 5.92 Å². The third-order valence-electron chi connectivity index (χ3n) is 4.55. The van der Waals surface area contributed by atoms with Crippen LogP contribution >= 0.6 is 0 Å². The molecular formula is C14H28N2. The van der Waals surface area contributed by atoms with Crippen molar-refractivity contribution >= 4 is 0 Å². The van der Waals surface area contributed by atoms with Crippen LogP contribution in [0.1, 0.15) is 52.4 Å². The lowest BCUT2D eigenvalue weighted by molar-refractivity contribution is 0.141. The van der Waals surface area contributed by atoms with E-state index < -0.39 is 0 Å². The molecule has 2 aliphatic rings. The van der Waals surface area contributed by atoms with Crippen LogP contribution in [0.3, 0.4) is 0 Å². The van der Waals surface area contributed by atoms with E-state index in [0.29, 0.717) is 0 Å². The lowest BCUT2D eigenvalue weighted by atomic mass is 10.0. The molecule has 0 aromatic carbocycles. The molecule has 1 saturated heterocycles. The fourth-order valence-corrected chi connectivity index (χ4v) is 3.56. The highest BCUT2D eigenvalue weighted by Crippen LogP contribution is 2.33. The average molecular weight is 224 g/mol. The maximum absolute atomic E-state index is 3.52. The topological polar surface area (TPSA) is 15.3 Å². The lowest BCUT2D eigenvalue weighted by Crippen LogP contribution is -2.43. The highest BCUT2D eigenvalue weighted by Gasteiger charge is 2.32. The van der Waals surface area contributed by atoms with Crippen molar-refractivity contribution in [2.45, 2.75) is 64.5 Å². The summed E-state index contributed by atoms with van der Waals surface area (Å²) in [6, 6.07) is 1.73. The minimum atomic E-state index is 0.834. The third-order valence-corrected chi connectivity index (χ3v) is 4.55. The summed E-state index contributed by atoms with van der Waals surface area (Å²) in [5.41, 5.74) is 0. The van der Waals surface area contributed by atoms with Crippen molar-refractivity contribution in [1.82, 2.24) is 10.2 Å². The van der Waals surface area contributed by atoms with Gasteiger partial charge in [-0.05, 0) is 51.1 Å². The molecule has 94 valence electrons. The Balaban J connectivity index is 1.91. The Hall–Kier alpha value is -0.0800. The highest BCUT2D eigenvalue weighted by molar-refractivity contribution is 4.89. The standard InChI is InChI=1S/C14H28N2/c1-3-9-16(14-7-8-15-11-14)13-6-5-12(4-2)10-13/h12-15H,3-11H2,1-2H3. The summed E-state index contributed by atoms with van der Waals surface area (Å²) in [6.07, 6.45) is 8.46.